The fraction of sp³-hybridized carbons (Fsp3) is 0.208. The molecule has 0 atom stereocenters. The van der Waals surface area contributed by atoms with E-state index in [1.807, 2.05) is 12.1 Å². The summed E-state index contributed by atoms with van der Waals surface area (Å²) in [5.74, 6) is 0.892. The highest BCUT2D eigenvalue weighted by Gasteiger charge is 2.19. The summed E-state index contributed by atoms with van der Waals surface area (Å²) < 4.78 is 34.0. The molecule has 0 saturated heterocycles. The van der Waals surface area contributed by atoms with Gasteiger partial charge in [0.2, 0.25) is 0 Å². The summed E-state index contributed by atoms with van der Waals surface area (Å²) in [4.78, 5) is 0.150. The van der Waals surface area contributed by atoms with Gasteiger partial charge in [0.05, 0.1) is 17.7 Å². The Bertz CT molecular complexity index is 1210. The first kappa shape index (κ1) is 23.6. The van der Waals surface area contributed by atoms with Gasteiger partial charge in [-0.3, -0.25) is 4.72 Å². The molecule has 8 heteroatoms. The normalized spacial score (nSPS) is 11.2. The van der Waals surface area contributed by atoms with Crippen molar-refractivity contribution in [3.63, 3.8) is 0 Å². The predicted octanol–water partition coefficient (Wildman–Crippen LogP) is 5.74. The SMILES string of the molecule is COc1ccccc1NS(=O)(=O)c1cc(NC(=S)Nc2ccc(C(C)C)cc2)ccc1C. The summed E-state index contributed by atoms with van der Waals surface area (Å²) in [6, 6.07) is 20.0. The largest absolute Gasteiger partial charge is 0.495 e. The number of thiocarbonyl (C=S) groups is 1. The Labute approximate surface area is 195 Å². The number of rotatable bonds is 7. The van der Waals surface area contributed by atoms with E-state index in [4.69, 9.17) is 17.0 Å². The summed E-state index contributed by atoms with van der Waals surface area (Å²) in [7, 11) is -2.35. The van der Waals surface area contributed by atoms with E-state index in [0.29, 0.717) is 33.7 Å². The van der Waals surface area contributed by atoms with Crippen LogP contribution in [-0.4, -0.2) is 20.6 Å². The molecular formula is C24H27N3O3S2. The molecule has 0 heterocycles. The van der Waals surface area contributed by atoms with Crippen molar-refractivity contribution in [1.29, 1.82) is 0 Å². The molecule has 3 aromatic carbocycles. The van der Waals surface area contributed by atoms with Gasteiger partial charge in [0.15, 0.2) is 5.11 Å². The van der Waals surface area contributed by atoms with Crippen LogP contribution in [0, 0.1) is 6.92 Å². The van der Waals surface area contributed by atoms with E-state index >= 15 is 0 Å². The van der Waals surface area contributed by atoms with Crippen molar-refractivity contribution in [3.8, 4) is 5.75 Å². The second kappa shape index (κ2) is 10.0. The molecule has 168 valence electrons. The number of anilines is 3. The molecule has 0 aliphatic heterocycles. The van der Waals surface area contributed by atoms with Crippen molar-refractivity contribution in [3.05, 3.63) is 77.9 Å². The fourth-order valence-electron chi connectivity index (χ4n) is 3.14. The van der Waals surface area contributed by atoms with Gasteiger partial charge in [0, 0.05) is 11.4 Å². The van der Waals surface area contributed by atoms with Crippen LogP contribution >= 0.6 is 12.2 Å². The number of ether oxygens (including phenoxy) is 1. The van der Waals surface area contributed by atoms with Crippen LogP contribution in [0.25, 0.3) is 0 Å². The summed E-state index contributed by atoms with van der Waals surface area (Å²) in [6.45, 7) is 6.02. The van der Waals surface area contributed by atoms with E-state index in [9.17, 15) is 8.42 Å². The van der Waals surface area contributed by atoms with Crippen LogP contribution in [0.5, 0.6) is 5.75 Å². The van der Waals surface area contributed by atoms with Gasteiger partial charge < -0.3 is 15.4 Å². The topological polar surface area (TPSA) is 79.5 Å². The van der Waals surface area contributed by atoms with Gasteiger partial charge in [-0.25, -0.2) is 8.42 Å². The Kier molecular flexibility index (Phi) is 7.37. The highest BCUT2D eigenvalue weighted by molar-refractivity contribution is 7.92. The molecule has 32 heavy (non-hydrogen) atoms. The third kappa shape index (κ3) is 5.77. The zero-order valence-corrected chi connectivity index (χ0v) is 20.1. The minimum atomic E-state index is -3.84. The molecule has 0 unspecified atom stereocenters. The Balaban J connectivity index is 1.76. The maximum Gasteiger partial charge on any atom is 0.262 e. The van der Waals surface area contributed by atoms with Gasteiger partial charge in [0.25, 0.3) is 10.0 Å². The van der Waals surface area contributed by atoms with Crippen molar-refractivity contribution >= 4 is 44.4 Å². The second-order valence-corrected chi connectivity index (χ2v) is 9.70. The molecule has 0 saturated carbocycles. The zero-order valence-electron chi connectivity index (χ0n) is 18.5. The van der Waals surface area contributed by atoms with Crippen molar-refractivity contribution in [2.45, 2.75) is 31.6 Å². The number of nitrogens with one attached hydrogen (secondary N) is 3. The zero-order chi connectivity index (χ0) is 23.3. The molecule has 0 aromatic heterocycles. The average molecular weight is 470 g/mol. The fourth-order valence-corrected chi connectivity index (χ4v) is 4.72. The van der Waals surface area contributed by atoms with Gasteiger partial charge in [-0.1, -0.05) is 44.2 Å². The maximum atomic E-state index is 13.1. The van der Waals surface area contributed by atoms with Crippen molar-refractivity contribution in [2.75, 3.05) is 22.5 Å². The number of aryl methyl sites for hydroxylation is 1. The van der Waals surface area contributed by atoms with Gasteiger partial charge in [-0.05, 0) is 72.6 Å². The van der Waals surface area contributed by atoms with E-state index < -0.39 is 10.0 Å². The average Bonchev–Trinajstić information content (AvgIpc) is 2.75. The summed E-state index contributed by atoms with van der Waals surface area (Å²) >= 11 is 5.41. The van der Waals surface area contributed by atoms with Crippen LogP contribution in [0.15, 0.2) is 71.6 Å². The molecule has 0 amide bonds. The first-order valence-corrected chi connectivity index (χ1v) is 12.0. The Morgan fingerprint density at radius 3 is 2.22 bits per heavy atom. The Morgan fingerprint density at radius 1 is 0.938 bits per heavy atom. The molecule has 0 aliphatic carbocycles. The van der Waals surface area contributed by atoms with Crippen LogP contribution in [0.3, 0.4) is 0 Å². The molecule has 6 nitrogen and oxygen atoms in total. The van der Waals surface area contributed by atoms with Gasteiger partial charge >= 0.3 is 0 Å². The van der Waals surface area contributed by atoms with E-state index in [-0.39, 0.29) is 4.90 Å². The number of benzene rings is 3. The van der Waals surface area contributed by atoms with Gasteiger partial charge in [0.1, 0.15) is 5.75 Å². The molecule has 0 bridgehead atoms. The molecule has 3 aromatic rings. The third-order valence-corrected chi connectivity index (χ3v) is 6.63. The number of methoxy groups -OCH3 is 1. The van der Waals surface area contributed by atoms with Crippen LogP contribution in [0.1, 0.15) is 30.9 Å². The van der Waals surface area contributed by atoms with Crippen LogP contribution in [-0.2, 0) is 10.0 Å². The van der Waals surface area contributed by atoms with Crippen molar-refractivity contribution in [1.82, 2.24) is 0 Å². The lowest BCUT2D eigenvalue weighted by molar-refractivity contribution is 0.417. The van der Waals surface area contributed by atoms with E-state index in [0.717, 1.165) is 5.69 Å². The number of hydrogen-bond donors (Lipinski definition) is 3. The van der Waals surface area contributed by atoms with Crippen molar-refractivity contribution < 1.29 is 13.2 Å². The van der Waals surface area contributed by atoms with Crippen LogP contribution in [0.4, 0.5) is 17.1 Å². The van der Waals surface area contributed by atoms with Crippen molar-refractivity contribution in [2.24, 2.45) is 0 Å². The highest BCUT2D eigenvalue weighted by atomic mass is 32.2. The second-order valence-electron chi connectivity index (χ2n) is 7.64. The molecule has 0 aliphatic rings. The molecule has 0 radical (unpaired) electrons. The molecule has 0 fully saturated rings. The minimum Gasteiger partial charge on any atom is -0.495 e. The lowest BCUT2D eigenvalue weighted by atomic mass is 10.0. The molecular weight excluding hydrogens is 442 g/mol. The monoisotopic (exact) mass is 469 g/mol. The molecule has 0 spiro atoms. The standard InChI is InChI=1S/C24H27N3O3S2/c1-16(2)18-10-13-19(14-11-18)25-24(31)26-20-12-9-17(3)23(15-20)32(28,29)27-21-7-5-6-8-22(21)30-4/h5-16,27H,1-4H3,(H2,25,26,31). The lowest BCUT2D eigenvalue weighted by Gasteiger charge is -2.15. The first-order chi connectivity index (χ1) is 15.2. The maximum absolute atomic E-state index is 13.1. The van der Waals surface area contributed by atoms with Crippen LogP contribution < -0.4 is 20.1 Å². The molecule has 3 N–H and O–H groups in total. The van der Waals surface area contributed by atoms with Gasteiger partial charge in [-0.15, -0.1) is 0 Å². The first-order valence-electron chi connectivity index (χ1n) is 10.1. The Morgan fingerprint density at radius 2 is 1.56 bits per heavy atom. The van der Waals surface area contributed by atoms with E-state index in [1.165, 1.54) is 12.7 Å². The number of sulfonamides is 1. The predicted molar refractivity (Wildman–Crippen MR) is 135 cm³/mol. The number of hydrogen-bond acceptors (Lipinski definition) is 4. The highest BCUT2D eigenvalue weighted by Crippen LogP contribution is 2.28. The summed E-state index contributed by atoms with van der Waals surface area (Å²) in [5.41, 5.74) is 3.64. The third-order valence-electron chi connectivity index (χ3n) is 4.92. The lowest BCUT2D eigenvalue weighted by Crippen LogP contribution is -2.20. The molecule has 3 rings (SSSR count). The smallest absolute Gasteiger partial charge is 0.262 e. The van der Waals surface area contributed by atoms with Crippen LogP contribution in [0.2, 0.25) is 0 Å². The quantitative estimate of drug-likeness (QED) is 0.383. The summed E-state index contributed by atoms with van der Waals surface area (Å²) in [5, 5.41) is 6.55. The number of para-hydroxylation sites is 2. The van der Waals surface area contributed by atoms with E-state index in [2.05, 4.69) is 41.3 Å². The van der Waals surface area contributed by atoms with Gasteiger partial charge in [-0.2, -0.15) is 0 Å². The van der Waals surface area contributed by atoms with E-state index in [1.54, 1.807) is 49.4 Å². The minimum absolute atomic E-state index is 0.150. The summed E-state index contributed by atoms with van der Waals surface area (Å²) in [6.07, 6.45) is 0. The Hall–Kier alpha value is -3.10.